The van der Waals surface area contributed by atoms with Crippen molar-refractivity contribution in [2.24, 2.45) is 0 Å². The molecule has 2 aliphatic heterocycles. The van der Waals surface area contributed by atoms with Crippen molar-refractivity contribution in [3.63, 3.8) is 0 Å². The lowest BCUT2D eigenvalue weighted by Crippen LogP contribution is -2.45. The summed E-state index contributed by atoms with van der Waals surface area (Å²) in [6, 6.07) is 14.3. The second-order valence-corrected chi connectivity index (χ2v) is 8.80. The van der Waals surface area contributed by atoms with E-state index < -0.39 is 6.61 Å². The number of rotatable bonds is 5. The first-order chi connectivity index (χ1) is 15.0. The van der Waals surface area contributed by atoms with E-state index in [1.807, 2.05) is 25.3 Å². The number of aryl methyl sites for hydroxylation is 1. The van der Waals surface area contributed by atoms with E-state index in [-0.39, 0.29) is 17.4 Å². The summed E-state index contributed by atoms with van der Waals surface area (Å²) in [5.74, 6) is 0.267. The Labute approximate surface area is 181 Å². The van der Waals surface area contributed by atoms with E-state index in [4.69, 9.17) is 9.47 Å². The monoisotopic (exact) mass is 426 g/mol. The summed E-state index contributed by atoms with van der Waals surface area (Å²) in [6.45, 7) is 1.29. The Kier molecular flexibility index (Phi) is 5.44. The van der Waals surface area contributed by atoms with Gasteiger partial charge in [-0.05, 0) is 55.9 Å². The van der Waals surface area contributed by atoms with Gasteiger partial charge in [-0.15, -0.1) is 0 Å². The first kappa shape index (κ1) is 20.5. The van der Waals surface area contributed by atoms with Crippen molar-refractivity contribution < 1.29 is 18.3 Å². The standard InChI is InChI=1S/C25H28F2N2O2/c1-17-14-22(31-24(26)27)20(19-8-11-28-23(17)19)16-29-12-10-25(9-5-13-30-25)15-21(29)18-6-3-2-4-7-18/h2-4,6-8,11,14,21,24,28H,5,9-10,12-13,15-16H2,1H3/t21-,25?/m0/s1. The molecule has 0 amide bonds. The Morgan fingerprint density at radius 3 is 2.81 bits per heavy atom. The SMILES string of the molecule is Cc1cc(OC(F)F)c(CN2CCC3(CCCO3)C[C@H]2c2ccccc2)c2cc[nH]c12. The van der Waals surface area contributed by atoms with E-state index >= 15 is 0 Å². The lowest BCUT2D eigenvalue weighted by Gasteiger charge is -2.45. The number of aromatic nitrogens is 1. The van der Waals surface area contributed by atoms with Crippen molar-refractivity contribution in [1.29, 1.82) is 0 Å². The van der Waals surface area contributed by atoms with Gasteiger partial charge in [-0.3, -0.25) is 4.90 Å². The fourth-order valence-electron chi connectivity index (χ4n) is 5.40. The minimum absolute atomic E-state index is 0.0595. The van der Waals surface area contributed by atoms with E-state index in [2.05, 4.69) is 34.1 Å². The van der Waals surface area contributed by atoms with Crippen molar-refractivity contribution in [2.75, 3.05) is 13.2 Å². The molecule has 164 valence electrons. The number of halogens is 2. The van der Waals surface area contributed by atoms with Crippen LogP contribution in [0, 0.1) is 6.92 Å². The summed E-state index contributed by atoms with van der Waals surface area (Å²) >= 11 is 0. The largest absolute Gasteiger partial charge is 0.434 e. The van der Waals surface area contributed by atoms with Crippen LogP contribution in [0.4, 0.5) is 8.78 Å². The maximum Gasteiger partial charge on any atom is 0.387 e. The number of nitrogens with one attached hydrogen (secondary N) is 1. The quantitative estimate of drug-likeness (QED) is 0.547. The number of nitrogens with zero attached hydrogens (tertiary/aromatic N) is 1. The molecule has 2 fully saturated rings. The zero-order valence-electron chi connectivity index (χ0n) is 17.7. The van der Waals surface area contributed by atoms with Crippen molar-refractivity contribution >= 4 is 10.9 Å². The molecule has 2 aromatic carbocycles. The van der Waals surface area contributed by atoms with Crippen LogP contribution >= 0.6 is 0 Å². The van der Waals surface area contributed by atoms with Crippen LogP contribution in [-0.2, 0) is 11.3 Å². The molecular formula is C25H28F2N2O2. The fourth-order valence-corrected chi connectivity index (χ4v) is 5.40. The molecule has 6 heteroatoms. The summed E-state index contributed by atoms with van der Waals surface area (Å²) in [7, 11) is 0. The Morgan fingerprint density at radius 2 is 2.06 bits per heavy atom. The van der Waals surface area contributed by atoms with Crippen molar-refractivity contribution in [1.82, 2.24) is 9.88 Å². The molecule has 0 aliphatic carbocycles. The van der Waals surface area contributed by atoms with Gasteiger partial charge in [0.25, 0.3) is 0 Å². The van der Waals surface area contributed by atoms with Gasteiger partial charge in [-0.2, -0.15) is 8.78 Å². The molecule has 3 aromatic rings. The third-order valence-electron chi connectivity index (χ3n) is 6.92. The molecule has 31 heavy (non-hydrogen) atoms. The highest BCUT2D eigenvalue weighted by molar-refractivity contribution is 5.88. The number of H-pyrrole nitrogens is 1. The van der Waals surface area contributed by atoms with Gasteiger partial charge in [0.05, 0.1) is 5.60 Å². The second-order valence-electron chi connectivity index (χ2n) is 8.80. The van der Waals surface area contributed by atoms with Crippen molar-refractivity contribution in [3.8, 4) is 5.75 Å². The molecule has 2 atom stereocenters. The molecule has 1 aromatic heterocycles. The zero-order chi connectivity index (χ0) is 21.4. The highest BCUT2D eigenvalue weighted by Gasteiger charge is 2.43. The number of fused-ring (bicyclic) bond motifs is 1. The lowest BCUT2D eigenvalue weighted by atomic mass is 9.81. The number of likely N-dealkylation sites (tertiary alicyclic amines) is 1. The van der Waals surface area contributed by atoms with E-state index in [1.165, 1.54) is 5.56 Å². The van der Waals surface area contributed by atoms with Crippen LogP contribution in [0.25, 0.3) is 10.9 Å². The summed E-state index contributed by atoms with van der Waals surface area (Å²) in [5.41, 5.74) is 3.87. The molecule has 0 radical (unpaired) electrons. The molecule has 2 saturated heterocycles. The van der Waals surface area contributed by atoms with Crippen LogP contribution in [0.3, 0.4) is 0 Å². The van der Waals surface area contributed by atoms with Gasteiger partial charge in [0, 0.05) is 48.4 Å². The highest BCUT2D eigenvalue weighted by Crippen LogP contribution is 2.45. The number of hydrogen-bond donors (Lipinski definition) is 1. The first-order valence-corrected chi connectivity index (χ1v) is 11.0. The van der Waals surface area contributed by atoms with Gasteiger partial charge < -0.3 is 14.5 Å². The summed E-state index contributed by atoms with van der Waals surface area (Å²) < 4.78 is 37.6. The van der Waals surface area contributed by atoms with Gasteiger partial charge in [-0.25, -0.2) is 0 Å². The first-order valence-electron chi connectivity index (χ1n) is 11.0. The summed E-state index contributed by atoms with van der Waals surface area (Å²) in [6.07, 6.45) is 5.94. The molecule has 4 nitrogen and oxygen atoms in total. The van der Waals surface area contributed by atoms with E-state index in [9.17, 15) is 8.78 Å². The van der Waals surface area contributed by atoms with E-state index in [0.717, 1.165) is 60.9 Å². The number of aromatic amines is 1. The van der Waals surface area contributed by atoms with Crippen LogP contribution in [0.2, 0.25) is 0 Å². The normalized spacial score (nSPS) is 24.5. The van der Waals surface area contributed by atoms with Gasteiger partial charge in [-0.1, -0.05) is 30.3 Å². The lowest BCUT2D eigenvalue weighted by molar-refractivity contribution is -0.0688. The van der Waals surface area contributed by atoms with Crippen LogP contribution in [0.15, 0.2) is 48.7 Å². The Hall–Kier alpha value is -2.44. The Balaban J connectivity index is 1.53. The predicted octanol–water partition coefficient (Wildman–Crippen LogP) is 5.96. The second kappa shape index (κ2) is 8.24. The molecule has 1 N–H and O–H groups in total. The molecular weight excluding hydrogens is 398 g/mol. The maximum absolute atomic E-state index is 13.2. The molecule has 2 aliphatic rings. The zero-order valence-corrected chi connectivity index (χ0v) is 17.7. The highest BCUT2D eigenvalue weighted by atomic mass is 19.3. The number of ether oxygens (including phenoxy) is 2. The minimum atomic E-state index is -2.85. The Morgan fingerprint density at radius 1 is 1.23 bits per heavy atom. The van der Waals surface area contributed by atoms with Gasteiger partial charge in [0.1, 0.15) is 5.75 Å². The molecule has 5 rings (SSSR count). The number of alkyl halides is 2. The fraction of sp³-hybridized carbons (Fsp3) is 0.440. The van der Waals surface area contributed by atoms with Crippen LogP contribution in [0.1, 0.15) is 48.4 Å². The number of piperidine rings is 1. The van der Waals surface area contributed by atoms with Crippen molar-refractivity contribution in [3.05, 3.63) is 65.4 Å². The molecule has 3 heterocycles. The van der Waals surface area contributed by atoms with Crippen molar-refractivity contribution in [2.45, 2.75) is 57.4 Å². The van der Waals surface area contributed by atoms with Crippen LogP contribution in [-0.4, -0.2) is 35.2 Å². The molecule has 0 saturated carbocycles. The number of hydrogen-bond acceptors (Lipinski definition) is 3. The smallest absolute Gasteiger partial charge is 0.387 e. The maximum atomic E-state index is 13.2. The average Bonchev–Trinajstić information content (AvgIpc) is 3.43. The molecule has 1 spiro atoms. The summed E-state index contributed by atoms with van der Waals surface area (Å²) in [5, 5.41) is 0.944. The minimum Gasteiger partial charge on any atom is -0.434 e. The van der Waals surface area contributed by atoms with Crippen LogP contribution < -0.4 is 4.74 Å². The van der Waals surface area contributed by atoms with Crippen LogP contribution in [0.5, 0.6) is 5.75 Å². The summed E-state index contributed by atoms with van der Waals surface area (Å²) in [4.78, 5) is 5.65. The Bertz CT molecular complexity index is 1040. The van der Waals surface area contributed by atoms with Gasteiger partial charge >= 0.3 is 6.61 Å². The third kappa shape index (κ3) is 3.94. The third-order valence-corrected chi connectivity index (χ3v) is 6.92. The predicted molar refractivity (Wildman–Crippen MR) is 116 cm³/mol. The average molecular weight is 427 g/mol. The van der Waals surface area contributed by atoms with E-state index in [1.54, 1.807) is 6.07 Å². The van der Waals surface area contributed by atoms with Gasteiger partial charge in [0.15, 0.2) is 0 Å². The van der Waals surface area contributed by atoms with E-state index in [0.29, 0.717) is 6.54 Å². The topological polar surface area (TPSA) is 37.5 Å². The van der Waals surface area contributed by atoms with Gasteiger partial charge in [0.2, 0.25) is 0 Å². The number of benzene rings is 2. The molecule has 1 unspecified atom stereocenters. The molecule has 0 bridgehead atoms.